The SMILES string of the molecule is CC(C)(C)OC(=O)N1CCn2c(Cl)nnc2C1. The number of hydrogen-bond donors (Lipinski definition) is 0. The highest BCUT2D eigenvalue weighted by Crippen LogP contribution is 2.18. The predicted molar refractivity (Wildman–Crippen MR) is 61.7 cm³/mol. The first-order valence-corrected chi connectivity index (χ1v) is 5.80. The second kappa shape index (κ2) is 4.18. The van der Waals surface area contributed by atoms with Crippen LogP contribution in [0, 0.1) is 0 Å². The summed E-state index contributed by atoms with van der Waals surface area (Å²) in [4.78, 5) is 13.4. The monoisotopic (exact) mass is 258 g/mol. The summed E-state index contributed by atoms with van der Waals surface area (Å²) in [7, 11) is 0. The Morgan fingerprint density at radius 2 is 2.06 bits per heavy atom. The van der Waals surface area contributed by atoms with E-state index < -0.39 is 5.60 Å². The molecule has 0 saturated heterocycles. The van der Waals surface area contributed by atoms with E-state index in [0.29, 0.717) is 30.7 Å². The van der Waals surface area contributed by atoms with Gasteiger partial charge in [0.15, 0.2) is 5.82 Å². The highest BCUT2D eigenvalue weighted by Gasteiger charge is 2.27. The minimum atomic E-state index is -0.486. The summed E-state index contributed by atoms with van der Waals surface area (Å²) in [5.41, 5.74) is -0.486. The van der Waals surface area contributed by atoms with Crippen molar-refractivity contribution in [3.05, 3.63) is 11.1 Å². The molecule has 1 aliphatic heterocycles. The predicted octanol–water partition coefficient (Wildman–Crippen LogP) is 1.68. The van der Waals surface area contributed by atoms with Crippen molar-refractivity contribution in [2.75, 3.05) is 6.54 Å². The number of ether oxygens (including phenoxy) is 1. The molecule has 1 aromatic heterocycles. The fourth-order valence-electron chi connectivity index (χ4n) is 1.60. The molecule has 0 bridgehead atoms. The van der Waals surface area contributed by atoms with E-state index in [9.17, 15) is 4.79 Å². The third kappa shape index (κ3) is 2.69. The lowest BCUT2D eigenvalue weighted by Gasteiger charge is -2.30. The van der Waals surface area contributed by atoms with E-state index in [1.165, 1.54) is 0 Å². The van der Waals surface area contributed by atoms with Gasteiger partial charge in [0.1, 0.15) is 5.60 Å². The molecule has 0 N–H and O–H groups in total. The zero-order chi connectivity index (χ0) is 12.6. The van der Waals surface area contributed by atoms with Gasteiger partial charge in [0.2, 0.25) is 5.28 Å². The molecular formula is C10H15ClN4O2. The van der Waals surface area contributed by atoms with Crippen molar-refractivity contribution in [2.45, 2.75) is 39.5 Å². The molecule has 0 aromatic carbocycles. The van der Waals surface area contributed by atoms with Gasteiger partial charge in [-0.15, -0.1) is 10.2 Å². The largest absolute Gasteiger partial charge is 0.444 e. The molecule has 0 saturated carbocycles. The zero-order valence-corrected chi connectivity index (χ0v) is 10.9. The van der Waals surface area contributed by atoms with E-state index in [1.54, 1.807) is 9.47 Å². The molecule has 6 nitrogen and oxygen atoms in total. The van der Waals surface area contributed by atoms with E-state index in [2.05, 4.69) is 10.2 Å². The first-order valence-electron chi connectivity index (χ1n) is 5.42. The molecule has 0 atom stereocenters. The van der Waals surface area contributed by atoms with Gasteiger partial charge in [0.25, 0.3) is 0 Å². The summed E-state index contributed by atoms with van der Waals surface area (Å²) < 4.78 is 7.09. The third-order valence-electron chi connectivity index (χ3n) is 2.36. The lowest BCUT2D eigenvalue weighted by atomic mass is 10.2. The second-order valence-electron chi connectivity index (χ2n) is 4.94. The maximum atomic E-state index is 11.8. The lowest BCUT2D eigenvalue weighted by molar-refractivity contribution is 0.0195. The Labute approximate surface area is 105 Å². The Morgan fingerprint density at radius 3 is 2.71 bits per heavy atom. The zero-order valence-electron chi connectivity index (χ0n) is 10.1. The van der Waals surface area contributed by atoms with Crippen molar-refractivity contribution < 1.29 is 9.53 Å². The number of hydrogen-bond acceptors (Lipinski definition) is 4. The second-order valence-corrected chi connectivity index (χ2v) is 5.28. The van der Waals surface area contributed by atoms with Crippen LogP contribution in [0.25, 0.3) is 0 Å². The molecule has 17 heavy (non-hydrogen) atoms. The van der Waals surface area contributed by atoms with Gasteiger partial charge in [0.05, 0.1) is 6.54 Å². The van der Waals surface area contributed by atoms with E-state index in [1.807, 2.05) is 20.8 Å². The Bertz CT molecular complexity index is 438. The van der Waals surface area contributed by atoms with Crippen molar-refractivity contribution in [1.29, 1.82) is 0 Å². The van der Waals surface area contributed by atoms with Gasteiger partial charge in [-0.25, -0.2) is 4.79 Å². The maximum absolute atomic E-state index is 11.8. The van der Waals surface area contributed by atoms with Gasteiger partial charge in [-0.05, 0) is 32.4 Å². The van der Waals surface area contributed by atoms with E-state index in [-0.39, 0.29) is 6.09 Å². The Morgan fingerprint density at radius 1 is 1.35 bits per heavy atom. The molecule has 2 heterocycles. The number of halogens is 1. The fraction of sp³-hybridized carbons (Fsp3) is 0.700. The Hall–Kier alpha value is -1.30. The van der Waals surface area contributed by atoms with E-state index in [4.69, 9.17) is 16.3 Å². The van der Waals surface area contributed by atoms with Crippen LogP contribution < -0.4 is 0 Å². The van der Waals surface area contributed by atoms with Gasteiger partial charge in [-0.2, -0.15) is 0 Å². The number of fused-ring (bicyclic) bond motifs is 1. The van der Waals surface area contributed by atoms with Crippen LogP contribution in [0.3, 0.4) is 0 Å². The lowest BCUT2D eigenvalue weighted by Crippen LogP contribution is -2.41. The number of carbonyl (C=O) groups is 1. The standard InChI is InChI=1S/C10H15ClN4O2/c1-10(2,3)17-9(16)14-4-5-15-7(6-14)12-13-8(15)11/h4-6H2,1-3H3. The van der Waals surface area contributed by atoms with Crippen molar-refractivity contribution in [1.82, 2.24) is 19.7 Å². The van der Waals surface area contributed by atoms with Gasteiger partial charge in [-0.3, -0.25) is 9.47 Å². The van der Waals surface area contributed by atoms with Crippen LogP contribution in [0.5, 0.6) is 0 Å². The summed E-state index contributed by atoms with van der Waals surface area (Å²) in [5.74, 6) is 0.687. The van der Waals surface area contributed by atoms with Crippen LogP contribution in [0.15, 0.2) is 0 Å². The fourth-order valence-corrected chi connectivity index (χ4v) is 1.82. The molecule has 0 unspecified atom stereocenters. The molecule has 0 aliphatic carbocycles. The van der Waals surface area contributed by atoms with Crippen molar-refractivity contribution >= 4 is 17.7 Å². The Kier molecular flexibility index (Phi) is 2.99. The number of rotatable bonds is 0. The molecule has 7 heteroatoms. The van der Waals surface area contributed by atoms with Crippen LogP contribution in [-0.2, 0) is 17.8 Å². The van der Waals surface area contributed by atoms with Crippen LogP contribution >= 0.6 is 11.6 Å². The maximum Gasteiger partial charge on any atom is 0.410 e. The number of amides is 1. The summed E-state index contributed by atoms with van der Waals surface area (Å²) in [6.45, 7) is 7.06. The van der Waals surface area contributed by atoms with Crippen molar-refractivity contribution in [3.63, 3.8) is 0 Å². The molecule has 0 radical (unpaired) electrons. The summed E-state index contributed by atoms with van der Waals surface area (Å²) in [6.07, 6.45) is -0.331. The average Bonchev–Trinajstić information content (AvgIpc) is 2.57. The molecule has 94 valence electrons. The van der Waals surface area contributed by atoms with Gasteiger partial charge < -0.3 is 4.74 Å². The molecule has 1 aliphatic rings. The highest BCUT2D eigenvalue weighted by atomic mass is 35.5. The molecule has 0 spiro atoms. The summed E-state index contributed by atoms with van der Waals surface area (Å²) in [6, 6.07) is 0. The minimum Gasteiger partial charge on any atom is -0.444 e. The molecule has 1 aromatic rings. The van der Waals surface area contributed by atoms with Gasteiger partial charge in [0, 0.05) is 13.1 Å². The average molecular weight is 259 g/mol. The van der Waals surface area contributed by atoms with Crippen LogP contribution in [0.1, 0.15) is 26.6 Å². The van der Waals surface area contributed by atoms with Gasteiger partial charge in [-0.1, -0.05) is 0 Å². The van der Waals surface area contributed by atoms with Crippen molar-refractivity contribution in [2.24, 2.45) is 0 Å². The van der Waals surface area contributed by atoms with Crippen molar-refractivity contribution in [3.8, 4) is 0 Å². The van der Waals surface area contributed by atoms with Crippen LogP contribution in [0.2, 0.25) is 5.28 Å². The number of carbonyl (C=O) groups excluding carboxylic acids is 1. The van der Waals surface area contributed by atoms with E-state index >= 15 is 0 Å². The first kappa shape index (κ1) is 12.2. The van der Waals surface area contributed by atoms with Crippen LogP contribution in [-0.4, -0.2) is 37.9 Å². The molecule has 2 rings (SSSR count). The molecular weight excluding hydrogens is 244 g/mol. The normalized spacial score (nSPS) is 15.6. The summed E-state index contributed by atoms with van der Waals surface area (Å²) >= 11 is 5.85. The smallest absolute Gasteiger partial charge is 0.410 e. The molecule has 1 amide bonds. The third-order valence-corrected chi connectivity index (χ3v) is 2.64. The number of nitrogens with zero attached hydrogens (tertiary/aromatic N) is 4. The highest BCUT2D eigenvalue weighted by molar-refractivity contribution is 6.28. The summed E-state index contributed by atoms with van der Waals surface area (Å²) in [5, 5.41) is 8.05. The minimum absolute atomic E-state index is 0.331. The number of aromatic nitrogens is 3. The van der Waals surface area contributed by atoms with Crippen LogP contribution in [0.4, 0.5) is 4.79 Å². The molecule has 0 fully saturated rings. The quantitative estimate of drug-likeness (QED) is 0.710. The Balaban J connectivity index is 2.05. The van der Waals surface area contributed by atoms with E-state index in [0.717, 1.165) is 0 Å². The first-order chi connectivity index (χ1) is 7.87. The van der Waals surface area contributed by atoms with Gasteiger partial charge >= 0.3 is 6.09 Å². The topological polar surface area (TPSA) is 60.2 Å².